The predicted molar refractivity (Wildman–Crippen MR) is 85.6 cm³/mol. The normalized spacial score (nSPS) is 29.0. The van der Waals surface area contributed by atoms with E-state index < -0.39 is 10.0 Å². The maximum Gasteiger partial charge on any atom is 0.245 e. The topological polar surface area (TPSA) is 76.7 Å². The average Bonchev–Trinajstić information content (AvgIpc) is 2.88. The van der Waals surface area contributed by atoms with Crippen LogP contribution in [-0.4, -0.2) is 41.3 Å². The van der Waals surface area contributed by atoms with Crippen LogP contribution in [0.25, 0.3) is 0 Å². The molecule has 0 unspecified atom stereocenters. The lowest BCUT2D eigenvalue weighted by Crippen LogP contribution is -2.43. The highest BCUT2D eigenvalue weighted by atomic mass is 35.5. The molecule has 4 rings (SSSR count). The largest absolute Gasteiger partial charge is 0.486 e. The lowest BCUT2D eigenvalue weighted by atomic mass is 9.67. The molecule has 2 aliphatic heterocycles. The molecule has 1 aliphatic carbocycles. The Morgan fingerprint density at radius 3 is 2.91 bits per heavy atom. The monoisotopic (exact) mass is 358 g/mol. The molecular weight excluding hydrogens is 340 g/mol. The Morgan fingerprint density at radius 2 is 2.09 bits per heavy atom. The number of rotatable bonds is 4. The first-order valence-corrected chi connectivity index (χ1v) is 9.71. The van der Waals surface area contributed by atoms with Crippen molar-refractivity contribution in [1.82, 2.24) is 10.0 Å². The van der Waals surface area contributed by atoms with Gasteiger partial charge in [-0.2, -0.15) is 0 Å². The van der Waals surface area contributed by atoms with Crippen LogP contribution in [0.5, 0.6) is 11.5 Å². The van der Waals surface area contributed by atoms with Crippen LogP contribution >= 0.6 is 11.6 Å². The van der Waals surface area contributed by atoms with Gasteiger partial charge in [0.1, 0.15) is 18.1 Å². The van der Waals surface area contributed by atoms with Crippen molar-refractivity contribution >= 4 is 21.6 Å². The molecule has 126 valence electrons. The Morgan fingerprint density at radius 1 is 1.26 bits per heavy atom. The Labute approximate surface area is 140 Å². The van der Waals surface area contributed by atoms with Crippen molar-refractivity contribution in [2.75, 3.05) is 32.8 Å². The summed E-state index contributed by atoms with van der Waals surface area (Å²) >= 11 is 6.13. The number of sulfonamides is 1. The van der Waals surface area contributed by atoms with Gasteiger partial charge in [0.15, 0.2) is 11.5 Å². The third kappa shape index (κ3) is 2.69. The second kappa shape index (κ2) is 5.81. The summed E-state index contributed by atoms with van der Waals surface area (Å²) < 4.78 is 39.1. The number of benzene rings is 1. The summed E-state index contributed by atoms with van der Waals surface area (Å²) in [7, 11) is -3.74. The van der Waals surface area contributed by atoms with E-state index in [2.05, 4.69) is 10.0 Å². The predicted octanol–water partition coefficient (Wildman–Crippen LogP) is 1.24. The molecule has 1 aromatic carbocycles. The van der Waals surface area contributed by atoms with E-state index in [1.54, 1.807) is 6.07 Å². The maximum atomic E-state index is 12.7. The quantitative estimate of drug-likeness (QED) is 0.847. The van der Waals surface area contributed by atoms with Crippen molar-refractivity contribution in [2.24, 2.45) is 17.8 Å². The number of hydrogen-bond donors (Lipinski definition) is 2. The van der Waals surface area contributed by atoms with Gasteiger partial charge in [-0.3, -0.25) is 0 Å². The fourth-order valence-electron chi connectivity index (χ4n) is 3.77. The highest BCUT2D eigenvalue weighted by molar-refractivity contribution is 7.89. The molecule has 8 heteroatoms. The van der Waals surface area contributed by atoms with Gasteiger partial charge in [-0.1, -0.05) is 11.6 Å². The summed E-state index contributed by atoms with van der Waals surface area (Å²) in [5.74, 6) is 2.31. The van der Waals surface area contributed by atoms with Gasteiger partial charge in [0, 0.05) is 6.54 Å². The number of nitrogens with one attached hydrogen (secondary N) is 2. The van der Waals surface area contributed by atoms with Crippen LogP contribution in [0.2, 0.25) is 5.02 Å². The van der Waals surface area contributed by atoms with E-state index in [0.29, 0.717) is 43.3 Å². The third-order valence-corrected chi connectivity index (χ3v) is 6.94. The SMILES string of the molecule is O=S(=O)(NC[C@@H]1C[C@H]2CNC[C@H]21)c1c(Cl)ccc2c1OCCO2. The molecule has 3 aliphatic rings. The minimum atomic E-state index is -3.74. The molecule has 1 saturated heterocycles. The molecule has 2 N–H and O–H groups in total. The summed E-state index contributed by atoms with van der Waals surface area (Å²) in [5.41, 5.74) is 0. The van der Waals surface area contributed by atoms with Gasteiger partial charge in [-0.25, -0.2) is 13.1 Å². The fraction of sp³-hybridized carbons (Fsp3) is 0.600. The van der Waals surface area contributed by atoms with Crippen molar-refractivity contribution in [3.8, 4) is 11.5 Å². The van der Waals surface area contributed by atoms with Crippen LogP contribution in [0, 0.1) is 17.8 Å². The number of ether oxygens (including phenoxy) is 2. The Balaban J connectivity index is 1.54. The lowest BCUT2D eigenvalue weighted by Gasteiger charge is -2.39. The van der Waals surface area contributed by atoms with Crippen molar-refractivity contribution < 1.29 is 17.9 Å². The fourth-order valence-corrected chi connectivity index (χ4v) is 5.53. The number of hydrogen-bond acceptors (Lipinski definition) is 5. The number of fused-ring (bicyclic) bond motifs is 2. The van der Waals surface area contributed by atoms with E-state index in [4.69, 9.17) is 21.1 Å². The molecule has 6 nitrogen and oxygen atoms in total. The highest BCUT2D eigenvalue weighted by Crippen LogP contribution is 2.43. The van der Waals surface area contributed by atoms with Crippen molar-refractivity contribution in [2.45, 2.75) is 11.3 Å². The zero-order valence-electron chi connectivity index (χ0n) is 12.5. The smallest absolute Gasteiger partial charge is 0.245 e. The van der Waals surface area contributed by atoms with E-state index in [-0.39, 0.29) is 15.7 Å². The minimum Gasteiger partial charge on any atom is -0.486 e. The lowest BCUT2D eigenvalue weighted by molar-refractivity contribution is 0.125. The van der Waals surface area contributed by atoms with Gasteiger partial charge in [-0.05, 0) is 49.4 Å². The van der Waals surface area contributed by atoms with Crippen molar-refractivity contribution in [1.29, 1.82) is 0 Å². The van der Waals surface area contributed by atoms with Crippen molar-refractivity contribution in [3.63, 3.8) is 0 Å². The Kier molecular flexibility index (Phi) is 3.91. The third-order valence-electron chi connectivity index (χ3n) is 5.02. The molecule has 23 heavy (non-hydrogen) atoms. The van der Waals surface area contributed by atoms with E-state index in [1.165, 1.54) is 6.07 Å². The van der Waals surface area contributed by atoms with Crippen LogP contribution < -0.4 is 19.5 Å². The highest BCUT2D eigenvalue weighted by Gasteiger charge is 2.44. The van der Waals surface area contributed by atoms with Crippen molar-refractivity contribution in [3.05, 3.63) is 17.2 Å². The van der Waals surface area contributed by atoms with Gasteiger partial charge in [0.05, 0.1) is 5.02 Å². The van der Waals surface area contributed by atoms with Crippen LogP contribution in [-0.2, 0) is 10.0 Å². The Bertz CT molecular complexity index is 724. The zero-order valence-corrected chi connectivity index (χ0v) is 14.1. The van der Waals surface area contributed by atoms with Gasteiger partial charge in [0.2, 0.25) is 10.0 Å². The molecular formula is C15H19ClN2O4S. The first kappa shape index (κ1) is 15.5. The van der Waals surface area contributed by atoms with E-state index in [1.807, 2.05) is 0 Å². The van der Waals surface area contributed by atoms with Crippen LogP contribution in [0.4, 0.5) is 0 Å². The first-order chi connectivity index (χ1) is 11.1. The molecule has 2 fully saturated rings. The molecule has 2 heterocycles. The van der Waals surface area contributed by atoms with E-state index in [9.17, 15) is 8.42 Å². The van der Waals surface area contributed by atoms with E-state index >= 15 is 0 Å². The molecule has 1 saturated carbocycles. The first-order valence-electron chi connectivity index (χ1n) is 7.85. The molecule has 0 bridgehead atoms. The van der Waals surface area contributed by atoms with Crippen LogP contribution in [0.3, 0.4) is 0 Å². The summed E-state index contributed by atoms with van der Waals surface area (Å²) in [5, 5.41) is 3.51. The average molecular weight is 359 g/mol. The number of halogens is 1. The Hall–Kier alpha value is -1.02. The standard InChI is InChI=1S/C15H19ClN2O4S/c16-12-1-2-13-14(22-4-3-21-13)15(12)23(19,20)18-7-10-5-9-6-17-8-11(9)10/h1-2,9-11,17-18H,3-8H2/t9-,10-,11+/m0/s1. The van der Waals surface area contributed by atoms with Crippen LogP contribution in [0.15, 0.2) is 17.0 Å². The molecule has 0 radical (unpaired) electrons. The molecule has 0 spiro atoms. The maximum absolute atomic E-state index is 12.7. The summed E-state index contributed by atoms with van der Waals surface area (Å²) in [6, 6.07) is 3.17. The van der Waals surface area contributed by atoms with Gasteiger partial charge in [0.25, 0.3) is 0 Å². The molecule has 1 aromatic rings. The summed E-state index contributed by atoms with van der Waals surface area (Å²) in [6.45, 7) is 3.19. The van der Waals surface area contributed by atoms with Gasteiger partial charge >= 0.3 is 0 Å². The second-order valence-corrected chi connectivity index (χ2v) is 8.44. The minimum absolute atomic E-state index is 0.0169. The summed E-state index contributed by atoms with van der Waals surface area (Å²) in [4.78, 5) is -0.0169. The van der Waals surface area contributed by atoms with Gasteiger partial charge < -0.3 is 14.8 Å². The zero-order chi connectivity index (χ0) is 16.0. The van der Waals surface area contributed by atoms with Crippen LogP contribution in [0.1, 0.15) is 6.42 Å². The molecule has 3 atom stereocenters. The van der Waals surface area contributed by atoms with Gasteiger partial charge in [-0.15, -0.1) is 0 Å². The second-order valence-electron chi connectivity index (χ2n) is 6.33. The molecule has 0 aromatic heterocycles. The molecule has 0 amide bonds. The van der Waals surface area contributed by atoms with E-state index in [0.717, 1.165) is 19.5 Å². The summed E-state index contributed by atoms with van der Waals surface area (Å²) in [6.07, 6.45) is 1.07.